The molecule has 0 aromatic heterocycles. The van der Waals surface area contributed by atoms with Gasteiger partial charge in [-0.1, -0.05) is 30.0 Å². The Morgan fingerprint density at radius 3 is 2.37 bits per heavy atom. The second-order valence-corrected chi connectivity index (χ2v) is 3.83. The second-order valence-electron chi connectivity index (χ2n) is 3.83. The van der Waals surface area contributed by atoms with Crippen LogP contribution in [0.4, 0.5) is 11.4 Å². The number of non-ortho nitro benzene ring substituents is 1. The van der Waals surface area contributed by atoms with Crippen molar-refractivity contribution in [2.45, 2.75) is 0 Å². The summed E-state index contributed by atoms with van der Waals surface area (Å²) in [6.45, 7) is 0.529. The number of benzene rings is 2. The summed E-state index contributed by atoms with van der Waals surface area (Å²) in [4.78, 5) is 10.1. The summed E-state index contributed by atoms with van der Waals surface area (Å²) in [7, 11) is 0. The lowest BCUT2D eigenvalue weighted by atomic mass is 10.2. The van der Waals surface area contributed by atoms with Gasteiger partial charge in [-0.15, -0.1) is 0 Å². The third-order valence-corrected chi connectivity index (χ3v) is 2.47. The van der Waals surface area contributed by atoms with Crippen LogP contribution in [-0.2, 0) is 0 Å². The van der Waals surface area contributed by atoms with Gasteiger partial charge in [0.2, 0.25) is 0 Å². The van der Waals surface area contributed by atoms with Crippen LogP contribution in [0.3, 0.4) is 0 Å². The Bertz CT molecular complexity index is 610. The first kappa shape index (κ1) is 12.7. The molecule has 0 spiro atoms. The number of para-hydroxylation sites is 1. The van der Waals surface area contributed by atoms with E-state index in [1.165, 1.54) is 12.1 Å². The molecule has 4 nitrogen and oxygen atoms in total. The minimum Gasteiger partial charge on any atom is -0.374 e. The van der Waals surface area contributed by atoms with E-state index < -0.39 is 4.92 Å². The zero-order chi connectivity index (χ0) is 13.5. The molecule has 2 aromatic rings. The van der Waals surface area contributed by atoms with Crippen molar-refractivity contribution in [3.63, 3.8) is 0 Å². The summed E-state index contributed by atoms with van der Waals surface area (Å²) < 4.78 is 0. The van der Waals surface area contributed by atoms with Crippen molar-refractivity contribution in [2.24, 2.45) is 0 Å². The van der Waals surface area contributed by atoms with Gasteiger partial charge in [-0.3, -0.25) is 10.1 Å². The van der Waals surface area contributed by atoms with Crippen LogP contribution in [0.15, 0.2) is 54.6 Å². The van der Waals surface area contributed by atoms with Gasteiger partial charge in [0.05, 0.1) is 11.5 Å². The molecule has 0 fully saturated rings. The maximum atomic E-state index is 10.5. The Balaban J connectivity index is 1.91. The lowest BCUT2D eigenvalue weighted by molar-refractivity contribution is -0.384. The first-order valence-corrected chi connectivity index (χ1v) is 5.78. The van der Waals surface area contributed by atoms with Crippen molar-refractivity contribution in [2.75, 3.05) is 11.9 Å². The predicted molar refractivity (Wildman–Crippen MR) is 74.9 cm³/mol. The van der Waals surface area contributed by atoms with E-state index in [1.807, 2.05) is 30.3 Å². The Hall–Kier alpha value is -2.80. The van der Waals surface area contributed by atoms with E-state index in [1.54, 1.807) is 12.1 Å². The fourth-order valence-electron chi connectivity index (χ4n) is 1.51. The molecule has 94 valence electrons. The summed E-state index contributed by atoms with van der Waals surface area (Å²) in [5.74, 6) is 5.91. The number of nitro groups is 1. The van der Waals surface area contributed by atoms with Crippen LogP contribution < -0.4 is 5.32 Å². The molecule has 1 N–H and O–H groups in total. The first-order chi connectivity index (χ1) is 9.25. The molecule has 0 heterocycles. The fraction of sp³-hybridized carbons (Fsp3) is 0.0667. The van der Waals surface area contributed by atoms with Gasteiger partial charge in [0.15, 0.2) is 0 Å². The van der Waals surface area contributed by atoms with Gasteiger partial charge in [-0.25, -0.2) is 0 Å². The number of nitrogens with zero attached hydrogens (tertiary/aromatic N) is 1. The van der Waals surface area contributed by atoms with Gasteiger partial charge in [-0.2, -0.15) is 0 Å². The summed E-state index contributed by atoms with van der Waals surface area (Å²) in [6, 6.07) is 16.0. The minimum absolute atomic E-state index is 0.0768. The van der Waals surface area contributed by atoms with E-state index in [2.05, 4.69) is 17.2 Å². The molecule has 4 heteroatoms. The van der Waals surface area contributed by atoms with Crippen molar-refractivity contribution in [3.05, 3.63) is 70.3 Å². The molecule has 0 unspecified atom stereocenters. The average molecular weight is 252 g/mol. The van der Waals surface area contributed by atoms with Crippen LogP contribution >= 0.6 is 0 Å². The molecule has 0 bridgehead atoms. The first-order valence-electron chi connectivity index (χ1n) is 5.78. The Morgan fingerprint density at radius 1 is 1.05 bits per heavy atom. The molecule has 0 radical (unpaired) electrons. The number of hydrogen-bond acceptors (Lipinski definition) is 3. The Kier molecular flexibility index (Phi) is 4.14. The van der Waals surface area contributed by atoms with Crippen LogP contribution in [0.5, 0.6) is 0 Å². The Labute approximate surface area is 111 Å². The van der Waals surface area contributed by atoms with Gasteiger partial charge in [0.1, 0.15) is 0 Å². The molecular weight excluding hydrogens is 240 g/mol. The highest BCUT2D eigenvalue weighted by molar-refractivity contribution is 5.45. The van der Waals surface area contributed by atoms with E-state index in [0.717, 1.165) is 11.3 Å². The zero-order valence-corrected chi connectivity index (χ0v) is 10.2. The summed E-state index contributed by atoms with van der Waals surface area (Å²) in [6.07, 6.45) is 0. The number of nitro benzene ring substituents is 1. The topological polar surface area (TPSA) is 55.2 Å². The second kappa shape index (κ2) is 6.22. The van der Waals surface area contributed by atoms with E-state index in [0.29, 0.717) is 6.54 Å². The van der Waals surface area contributed by atoms with Crippen molar-refractivity contribution >= 4 is 11.4 Å². The predicted octanol–water partition coefficient (Wildman–Crippen LogP) is 3.06. The smallest absolute Gasteiger partial charge is 0.269 e. The van der Waals surface area contributed by atoms with Crippen LogP contribution in [0.25, 0.3) is 0 Å². The number of anilines is 1. The molecule has 2 rings (SSSR count). The number of hydrogen-bond donors (Lipinski definition) is 1. The molecule has 0 saturated carbocycles. The van der Waals surface area contributed by atoms with Crippen molar-refractivity contribution < 1.29 is 4.92 Å². The quantitative estimate of drug-likeness (QED) is 0.519. The lowest BCUT2D eigenvalue weighted by Crippen LogP contribution is -1.97. The monoisotopic (exact) mass is 252 g/mol. The average Bonchev–Trinajstić information content (AvgIpc) is 2.45. The van der Waals surface area contributed by atoms with Crippen LogP contribution in [0.2, 0.25) is 0 Å². The maximum absolute atomic E-state index is 10.5. The SMILES string of the molecule is O=[N+]([O-])c1ccc(C#CCNc2ccccc2)cc1. The minimum atomic E-state index is -0.422. The van der Waals surface area contributed by atoms with Gasteiger partial charge < -0.3 is 5.32 Å². The summed E-state index contributed by atoms with van der Waals surface area (Å²) >= 11 is 0. The lowest BCUT2D eigenvalue weighted by Gasteiger charge is -1.99. The summed E-state index contributed by atoms with van der Waals surface area (Å²) in [5.41, 5.74) is 1.86. The van der Waals surface area contributed by atoms with Gasteiger partial charge in [0.25, 0.3) is 5.69 Å². The third kappa shape index (κ3) is 3.86. The fourth-order valence-corrected chi connectivity index (χ4v) is 1.51. The van der Waals surface area contributed by atoms with Crippen LogP contribution in [0.1, 0.15) is 5.56 Å². The maximum Gasteiger partial charge on any atom is 0.269 e. The molecular formula is C15H12N2O2. The number of rotatable bonds is 3. The summed E-state index contributed by atoms with van der Waals surface area (Å²) in [5, 5.41) is 13.7. The zero-order valence-electron chi connectivity index (χ0n) is 10.2. The molecule has 0 atom stereocenters. The van der Waals surface area contributed by atoms with E-state index in [-0.39, 0.29) is 5.69 Å². The molecule has 0 aliphatic carbocycles. The highest BCUT2D eigenvalue weighted by Crippen LogP contribution is 2.10. The van der Waals surface area contributed by atoms with Gasteiger partial charge in [0, 0.05) is 23.4 Å². The normalized spacial score (nSPS) is 9.26. The molecule has 0 aliphatic rings. The highest BCUT2D eigenvalue weighted by atomic mass is 16.6. The van der Waals surface area contributed by atoms with E-state index in [4.69, 9.17) is 0 Å². The molecule has 19 heavy (non-hydrogen) atoms. The van der Waals surface area contributed by atoms with Gasteiger partial charge in [-0.05, 0) is 24.3 Å². The van der Waals surface area contributed by atoms with Crippen molar-refractivity contribution in [3.8, 4) is 11.8 Å². The Morgan fingerprint density at radius 2 is 1.74 bits per heavy atom. The van der Waals surface area contributed by atoms with Gasteiger partial charge >= 0.3 is 0 Å². The van der Waals surface area contributed by atoms with E-state index in [9.17, 15) is 10.1 Å². The van der Waals surface area contributed by atoms with Crippen molar-refractivity contribution in [1.82, 2.24) is 0 Å². The molecule has 2 aromatic carbocycles. The van der Waals surface area contributed by atoms with Crippen molar-refractivity contribution in [1.29, 1.82) is 0 Å². The van der Waals surface area contributed by atoms with E-state index >= 15 is 0 Å². The third-order valence-electron chi connectivity index (χ3n) is 2.47. The molecule has 0 amide bonds. The highest BCUT2D eigenvalue weighted by Gasteiger charge is 2.01. The standard InChI is InChI=1S/C15H12N2O2/c18-17(19)15-10-8-13(9-11-15)5-4-12-16-14-6-2-1-3-7-14/h1-3,6-11,16H,12H2. The largest absolute Gasteiger partial charge is 0.374 e. The molecule has 0 saturated heterocycles. The van der Waals surface area contributed by atoms with Crippen LogP contribution in [0, 0.1) is 22.0 Å². The molecule has 0 aliphatic heterocycles. The van der Waals surface area contributed by atoms with Crippen LogP contribution in [-0.4, -0.2) is 11.5 Å². The number of nitrogens with one attached hydrogen (secondary N) is 1.